The highest BCUT2D eigenvalue weighted by Crippen LogP contribution is 2.20. The van der Waals surface area contributed by atoms with E-state index in [1.54, 1.807) is 0 Å². The largest absolute Gasteiger partial charge is 0.423 e. The molecule has 0 fully saturated rings. The van der Waals surface area contributed by atoms with E-state index in [0.717, 1.165) is 18.2 Å². The Labute approximate surface area is 111 Å². The maximum atomic E-state index is 13.0. The molecule has 0 aromatic heterocycles. The summed E-state index contributed by atoms with van der Waals surface area (Å²) in [6, 6.07) is 7.13. The topological polar surface area (TPSA) is 69.4 Å². The van der Waals surface area contributed by atoms with Crippen molar-refractivity contribution in [3.8, 4) is 5.75 Å². The molecule has 0 unspecified atom stereocenters. The van der Waals surface area contributed by atoms with Crippen LogP contribution in [0.5, 0.6) is 5.75 Å². The van der Waals surface area contributed by atoms with Crippen molar-refractivity contribution in [2.45, 2.75) is 0 Å². The Morgan fingerprint density at radius 2 is 1.75 bits per heavy atom. The summed E-state index contributed by atoms with van der Waals surface area (Å²) in [5.41, 5.74) is -0.588. The summed E-state index contributed by atoms with van der Waals surface area (Å²) in [5, 5.41) is 10.6. The molecule has 2 aromatic carbocycles. The van der Waals surface area contributed by atoms with Gasteiger partial charge in [-0.2, -0.15) is 0 Å². The van der Waals surface area contributed by atoms with Crippen LogP contribution in [0.4, 0.5) is 14.5 Å². The molecule has 2 rings (SSSR count). The predicted octanol–water partition coefficient (Wildman–Crippen LogP) is 3.09. The monoisotopic (exact) mass is 279 g/mol. The zero-order valence-corrected chi connectivity index (χ0v) is 9.88. The minimum atomic E-state index is -1.01. The van der Waals surface area contributed by atoms with Crippen LogP contribution in [-0.4, -0.2) is 10.9 Å². The number of carbonyl (C=O) groups excluding carboxylic acids is 1. The van der Waals surface area contributed by atoms with Crippen molar-refractivity contribution >= 4 is 11.7 Å². The lowest BCUT2D eigenvalue weighted by Crippen LogP contribution is -2.09. The molecule has 2 aromatic rings. The van der Waals surface area contributed by atoms with E-state index < -0.39 is 22.5 Å². The van der Waals surface area contributed by atoms with Gasteiger partial charge in [-0.3, -0.25) is 10.1 Å². The molecule has 0 bridgehead atoms. The third-order valence-corrected chi connectivity index (χ3v) is 2.34. The molecule has 0 spiro atoms. The average Bonchev–Trinajstić information content (AvgIpc) is 2.37. The first-order chi connectivity index (χ1) is 9.45. The summed E-state index contributed by atoms with van der Waals surface area (Å²) in [4.78, 5) is 21.6. The highest BCUT2D eigenvalue weighted by Gasteiger charge is 2.13. The molecule has 102 valence electrons. The van der Waals surface area contributed by atoms with E-state index in [-0.39, 0.29) is 17.0 Å². The Hall–Kier alpha value is -2.83. The third kappa shape index (κ3) is 3.14. The number of nitro benzene ring substituents is 1. The van der Waals surface area contributed by atoms with E-state index in [0.29, 0.717) is 6.07 Å². The number of esters is 1. The fourth-order valence-corrected chi connectivity index (χ4v) is 1.50. The molecule has 0 aliphatic carbocycles. The Morgan fingerprint density at radius 3 is 2.35 bits per heavy atom. The number of rotatable bonds is 3. The Kier molecular flexibility index (Phi) is 3.69. The van der Waals surface area contributed by atoms with Crippen LogP contribution in [0.15, 0.2) is 42.5 Å². The minimum Gasteiger partial charge on any atom is -0.423 e. The second kappa shape index (κ2) is 5.43. The van der Waals surface area contributed by atoms with Gasteiger partial charge in [0.1, 0.15) is 17.4 Å². The number of halogens is 2. The highest BCUT2D eigenvalue weighted by atomic mass is 19.1. The zero-order chi connectivity index (χ0) is 14.7. The molecule has 0 N–H and O–H groups in total. The highest BCUT2D eigenvalue weighted by molar-refractivity contribution is 5.91. The first-order valence-corrected chi connectivity index (χ1v) is 5.38. The van der Waals surface area contributed by atoms with E-state index in [1.165, 1.54) is 18.2 Å². The van der Waals surface area contributed by atoms with Gasteiger partial charge in [0.2, 0.25) is 0 Å². The van der Waals surface area contributed by atoms with Gasteiger partial charge in [-0.05, 0) is 18.2 Å². The zero-order valence-electron chi connectivity index (χ0n) is 9.88. The molecule has 7 heteroatoms. The van der Waals surface area contributed by atoms with Gasteiger partial charge >= 0.3 is 5.97 Å². The van der Waals surface area contributed by atoms with Crippen molar-refractivity contribution < 1.29 is 23.2 Å². The van der Waals surface area contributed by atoms with E-state index >= 15 is 0 Å². The fraction of sp³-hybridized carbons (Fsp3) is 0. The standard InChI is InChI=1S/C13H7F2NO4/c14-9-4-8(5-10(15)6-9)13(17)20-12-3-1-2-11(7-12)16(18)19/h1-7H. The van der Waals surface area contributed by atoms with Crippen LogP contribution in [0, 0.1) is 21.7 Å². The molecule has 0 saturated heterocycles. The van der Waals surface area contributed by atoms with Crippen LogP contribution in [0.2, 0.25) is 0 Å². The first kappa shape index (κ1) is 13.6. The van der Waals surface area contributed by atoms with E-state index in [2.05, 4.69) is 0 Å². The molecule has 20 heavy (non-hydrogen) atoms. The smallest absolute Gasteiger partial charge is 0.343 e. The van der Waals surface area contributed by atoms with Crippen molar-refractivity contribution in [2.75, 3.05) is 0 Å². The van der Waals surface area contributed by atoms with Crippen LogP contribution in [0.1, 0.15) is 10.4 Å². The van der Waals surface area contributed by atoms with Crippen LogP contribution in [0.25, 0.3) is 0 Å². The molecule has 0 radical (unpaired) electrons. The second-order valence-electron chi connectivity index (χ2n) is 3.80. The van der Waals surface area contributed by atoms with Gasteiger partial charge in [0, 0.05) is 12.1 Å². The Morgan fingerprint density at radius 1 is 1.10 bits per heavy atom. The van der Waals surface area contributed by atoms with Crippen molar-refractivity contribution in [3.63, 3.8) is 0 Å². The number of hydrogen-bond donors (Lipinski definition) is 0. The van der Waals surface area contributed by atoms with Crippen molar-refractivity contribution in [3.05, 3.63) is 69.8 Å². The van der Waals surface area contributed by atoms with Gasteiger partial charge < -0.3 is 4.74 Å². The second-order valence-corrected chi connectivity index (χ2v) is 3.80. The molecule has 0 atom stereocenters. The number of hydrogen-bond acceptors (Lipinski definition) is 4. The lowest BCUT2D eigenvalue weighted by Gasteiger charge is -2.04. The maximum Gasteiger partial charge on any atom is 0.343 e. The Bertz CT molecular complexity index is 668. The number of nitro groups is 1. The Balaban J connectivity index is 2.23. The van der Waals surface area contributed by atoms with Gasteiger partial charge in [-0.25, -0.2) is 13.6 Å². The van der Waals surface area contributed by atoms with Crippen LogP contribution >= 0.6 is 0 Å². The number of carbonyl (C=O) groups is 1. The lowest BCUT2D eigenvalue weighted by molar-refractivity contribution is -0.384. The predicted molar refractivity (Wildman–Crippen MR) is 64.4 cm³/mol. The normalized spacial score (nSPS) is 10.1. The van der Waals surface area contributed by atoms with E-state index in [9.17, 15) is 23.7 Å². The van der Waals surface area contributed by atoms with E-state index in [4.69, 9.17) is 4.74 Å². The van der Waals surface area contributed by atoms with Gasteiger partial charge in [-0.1, -0.05) is 6.07 Å². The van der Waals surface area contributed by atoms with Gasteiger partial charge in [0.05, 0.1) is 16.6 Å². The van der Waals surface area contributed by atoms with Crippen LogP contribution < -0.4 is 4.74 Å². The summed E-state index contributed by atoms with van der Waals surface area (Å²) in [7, 11) is 0. The molecule has 0 aliphatic rings. The number of ether oxygens (including phenoxy) is 1. The molecule has 0 amide bonds. The summed E-state index contributed by atoms with van der Waals surface area (Å²) in [6.45, 7) is 0. The molecule has 0 aliphatic heterocycles. The number of nitrogens with zero attached hydrogens (tertiary/aromatic N) is 1. The quantitative estimate of drug-likeness (QED) is 0.374. The summed E-state index contributed by atoms with van der Waals surface area (Å²) in [6.07, 6.45) is 0. The van der Waals surface area contributed by atoms with Crippen molar-refractivity contribution in [1.29, 1.82) is 0 Å². The SMILES string of the molecule is O=C(Oc1cccc([N+](=O)[O-])c1)c1cc(F)cc(F)c1. The molecule has 0 saturated carbocycles. The molecular formula is C13H7F2NO4. The van der Waals surface area contributed by atoms with Crippen LogP contribution in [-0.2, 0) is 0 Å². The van der Waals surface area contributed by atoms with Gasteiger partial charge in [0.25, 0.3) is 5.69 Å². The first-order valence-electron chi connectivity index (χ1n) is 5.38. The van der Waals surface area contributed by atoms with Gasteiger partial charge in [-0.15, -0.1) is 0 Å². The fourth-order valence-electron chi connectivity index (χ4n) is 1.50. The summed E-state index contributed by atoms with van der Waals surface area (Å²) >= 11 is 0. The van der Waals surface area contributed by atoms with Crippen LogP contribution in [0.3, 0.4) is 0 Å². The third-order valence-electron chi connectivity index (χ3n) is 2.34. The van der Waals surface area contributed by atoms with E-state index in [1.807, 2.05) is 0 Å². The average molecular weight is 279 g/mol. The summed E-state index contributed by atoms with van der Waals surface area (Å²) < 4.78 is 30.7. The molecule has 0 heterocycles. The minimum absolute atomic E-state index is 0.0890. The molecular weight excluding hydrogens is 272 g/mol. The number of non-ortho nitro benzene ring substituents is 1. The van der Waals surface area contributed by atoms with Crippen molar-refractivity contribution in [1.82, 2.24) is 0 Å². The lowest BCUT2D eigenvalue weighted by atomic mass is 10.2. The van der Waals surface area contributed by atoms with Crippen molar-refractivity contribution in [2.24, 2.45) is 0 Å². The van der Waals surface area contributed by atoms with Gasteiger partial charge in [0.15, 0.2) is 0 Å². The summed E-state index contributed by atoms with van der Waals surface area (Å²) in [5.74, 6) is -2.94. The number of benzene rings is 2. The molecule has 5 nitrogen and oxygen atoms in total. The maximum absolute atomic E-state index is 13.0.